The number of hydrogen-bond acceptors (Lipinski definition) is 6. The van der Waals surface area contributed by atoms with Crippen LogP contribution in [0.2, 0.25) is 0 Å². The van der Waals surface area contributed by atoms with Crippen LogP contribution in [0.4, 0.5) is 5.95 Å². The van der Waals surface area contributed by atoms with Gasteiger partial charge in [0.05, 0.1) is 18.3 Å². The lowest BCUT2D eigenvalue weighted by atomic mass is 10.1. The number of allylic oxidation sites excluding steroid dienone is 1. The fourth-order valence-electron chi connectivity index (χ4n) is 4.78. The maximum atomic E-state index is 13.2. The number of aryl methyl sites for hydroxylation is 2. The number of hydrogen-bond donors (Lipinski definition) is 3. The zero-order valence-electron chi connectivity index (χ0n) is 23.5. The molecule has 42 heavy (non-hydrogen) atoms. The Balaban J connectivity index is 1.38. The monoisotopic (exact) mass is 565 g/mol. The van der Waals surface area contributed by atoms with E-state index in [9.17, 15) is 14.4 Å². The predicted octanol–water partition coefficient (Wildman–Crippen LogP) is 4.06. The smallest absolute Gasteiger partial charge is 0.276 e. The van der Waals surface area contributed by atoms with Crippen LogP contribution in [0.3, 0.4) is 0 Å². The van der Waals surface area contributed by atoms with Gasteiger partial charge in [-0.3, -0.25) is 24.4 Å². The van der Waals surface area contributed by atoms with Crippen molar-refractivity contribution < 1.29 is 19.1 Å². The first-order valence-corrected chi connectivity index (χ1v) is 13.4. The lowest BCUT2D eigenvalue weighted by Gasteiger charge is -2.11. The highest BCUT2D eigenvalue weighted by Gasteiger charge is 2.21. The van der Waals surface area contributed by atoms with Crippen molar-refractivity contribution in [3.05, 3.63) is 95.3 Å². The first kappa shape index (κ1) is 28.1. The third-order valence-electron chi connectivity index (χ3n) is 6.82. The highest BCUT2D eigenvalue weighted by molar-refractivity contribution is 6.04. The van der Waals surface area contributed by atoms with E-state index >= 15 is 0 Å². The largest absolute Gasteiger partial charge is 0.494 e. The van der Waals surface area contributed by atoms with E-state index in [1.165, 1.54) is 13.2 Å². The van der Waals surface area contributed by atoms with Crippen LogP contribution < -0.4 is 21.1 Å². The van der Waals surface area contributed by atoms with Gasteiger partial charge < -0.3 is 20.4 Å². The number of methoxy groups -OCH3 is 1. The van der Waals surface area contributed by atoms with Crippen LogP contribution in [-0.2, 0) is 13.1 Å². The number of carbonyl (C=O) groups excluding carboxylic acids is 3. The Labute approximate surface area is 242 Å². The van der Waals surface area contributed by atoms with Gasteiger partial charge in [-0.1, -0.05) is 42.5 Å². The van der Waals surface area contributed by atoms with Crippen molar-refractivity contribution in [3.8, 4) is 5.75 Å². The van der Waals surface area contributed by atoms with Gasteiger partial charge in [0.2, 0.25) is 11.9 Å². The molecule has 0 aliphatic rings. The van der Waals surface area contributed by atoms with E-state index < -0.39 is 5.91 Å². The quantitative estimate of drug-likeness (QED) is 0.218. The average molecular weight is 566 g/mol. The highest BCUT2D eigenvalue weighted by Crippen LogP contribution is 2.31. The number of fused-ring (bicyclic) bond motifs is 2. The predicted molar refractivity (Wildman–Crippen MR) is 161 cm³/mol. The molecule has 0 aliphatic heterocycles. The summed E-state index contributed by atoms with van der Waals surface area (Å²) < 4.78 is 8.94. The van der Waals surface area contributed by atoms with Crippen molar-refractivity contribution in [2.24, 2.45) is 5.73 Å². The van der Waals surface area contributed by atoms with Gasteiger partial charge in [-0.05, 0) is 55.0 Å². The second-order valence-corrected chi connectivity index (χ2v) is 9.64. The number of ether oxygens (including phenoxy) is 1. The van der Waals surface area contributed by atoms with Crippen LogP contribution in [-0.4, -0.2) is 50.7 Å². The second kappa shape index (κ2) is 12.0. The number of aromatic nitrogens is 4. The molecule has 0 spiro atoms. The summed E-state index contributed by atoms with van der Waals surface area (Å²) in [6, 6.07) is 18.2. The van der Waals surface area contributed by atoms with Crippen molar-refractivity contribution in [2.45, 2.75) is 26.9 Å². The van der Waals surface area contributed by atoms with E-state index in [0.717, 1.165) is 16.5 Å². The summed E-state index contributed by atoms with van der Waals surface area (Å²) >= 11 is 0. The molecule has 0 aliphatic carbocycles. The third kappa shape index (κ3) is 5.71. The molecule has 0 radical (unpaired) electrons. The molecule has 0 bridgehead atoms. The van der Waals surface area contributed by atoms with Gasteiger partial charge >= 0.3 is 0 Å². The van der Waals surface area contributed by atoms with Crippen molar-refractivity contribution in [1.82, 2.24) is 24.6 Å². The van der Waals surface area contributed by atoms with Crippen molar-refractivity contribution in [3.63, 3.8) is 0 Å². The van der Waals surface area contributed by atoms with Crippen LogP contribution in [0.1, 0.15) is 43.8 Å². The van der Waals surface area contributed by atoms with Gasteiger partial charge in [0.15, 0.2) is 0 Å². The van der Waals surface area contributed by atoms with Gasteiger partial charge in [0.1, 0.15) is 17.0 Å². The molecule has 4 N–H and O–H groups in total. The number of anilines is 1. The lowest BCUT2D eigenvalue weighted by Crippen LogP contribution is -2.23. The molecular formula is C31H31N7O4. The highest BCUT2D eigenvalue weighted by atomic mass is 16.5. The van der Waals surface area contributed by atoms with Crippen LogP contribution in [0, 0.1) is 6.92 Å². The Hall–Kier alpha value is -5.45. The summed E-state index contributed by atoms with van der Waals surface area (Å²) in [4.78, 5) is 42.5. The van der Waals surface area contributed by atoms with Crippen LogP contribution in [0.5, 0.6) is 5.75 Å². The van der Waals surface area contributed by atoms with Crippen LogP contribution >= 0.6 is 0 Å². The number of primary amides is 1. The normalized spacial score (nSPS) is 11.3. The lowest BCUT2D eigenvalue weighted by molar-refractivity contribution is 0.0955. The van der Waals surface area contributed by atoms with Gasteiger partial charge in [-0.2, -0.15) is 5.10 Å². The fraction of sp³-hybridized carbons (Fsp3) is 0.194. The average Bonchev–Trinajstić information content (AvgIpc) is 3.55. The van der Waals surface area contributed by atoms with E-state index in [4.69, 9.17) is 10.5 Å². The zero-order valence-corrected chi connectivity index (χ0v) is 23.5. The molecule has 0 saturated carbocycles. The number of nitrogens with one attached hydrogen (secondary N) is 2. The van der Waals surface area contributed by atoms with E-state index in [2.05, 4.69) is 20.7 Å². The number of nitrogens with two attached hydrogens (primary N) is 1. The number of imidazole rings is 1. The summed E-state index contributed by atoms with van der Waals surface area (Å²) in [5, 5.41) is 12.2. The molecular weight excluding hydrogens is 534 g/mol. The topological polar surface area (TPSA) is 146 Å². The van der Waals surface area contributed by atoms with E-state index in [0.29, 0.717) is 34.6 Å². The Morgan fingerprint density at radius 2 is 1.76 bits per heavy atom. The second-order valence-electron chi connectivity index (χ2n) is 9.64. The number of benzene rings is 3. The Kier molecular flexibility index (Phi) is 8.00. The number of nitrogens with zero attached hydrogens (tertiary/aromatic N) is 4. The molecule has 0 fully saturated rings. The van der Waals surface area contributed by atoms with Gasteiger partial charge in [-0.15, -0.1) is 0 Å². The molecule has 5 aromatic rings. The maximum absolute atomic E-state index is 13.2. The summed E-state index contributed by atoms with van der Waals surface area (Å²) in [7, 11) is 1.48. The summed E-state index contributed by atoms with van der Waals surface area (Å²) in [5.41, 5.74) is 8.43. The first-order valence-electron chi connectivity index (χ1n) is 13.4. The minimum absolute atomic E-state index is 0.185. The minimum Gasteiger partial charge on any atom is -0.494 e. The molecule has 11 heteroatoms. The molecule has 3 amide bonds. The van der Waals surface area contributed by atoms with Crippen LogP contribution in [0.25, 0.3) is 21.8 Å². The molecule has 5 rings (SSSR count). The van der Waals surface area contributed by atoms with Gasteiger partial charge in [0.25, 0.3) is 11.8 Å². The van der Waals surface area contributed by atoms with Crippen molar-refractivity contribution in [1.29, 1.82) is 0 Å². The van der Waals surface area contributed by atoms with E-state index in [1.54, 1.807) is 27.4 Å². The zero-order chi connectivity index (χ0) is 29.8. The molecule has 2 heterocycles. The van der Waals surface area contributed by atoms with Gasteiger partial charge in [0, 0.05) is 30.8 Å². The third-order valence-corrected chi connectivity index (χ3v) is 6.82. The Bertz CT molecular complexity index is 1850. The Morgan fingerprint density at radius 3 is 2.50 bits per heavy atom. The number of amides is 3. The summed E-state index contributed by atoms with van der Waals surface area (Å²) in [6.45, 7) is 4.82. The summed E-state index contributed by atoms with van der Waals surface area (Å²) in [6.07, 6.45) is 3.66. The molecule has 11 nitrogen and oxygen atoms in total. The van der Waals surface area contributed by atoms with Crippen molar-refractivity contribution >= 4 is 45.5 Å². The fourth-order valence-corrected chi connectivity index (χ4v) is 4.78. The molecule has 214 valence electrons. The molecule has 3 aromatic carbocycles. The van der Waals surface area contributed by atoms with E-state index in [-0.39, 0.29) is 36.4 Å². The molecule has 2 aromatic heterocycles. The minimum atomic E-state index is -0.625. The summed E-state index contributed by atoms with van der Waals surface area (Å²) in [5.74, 6) is -0.563. The van der Waals surface area contributed by atoms with E-state index in [1.807, 2.05) is 62.4 Å². The van der Waals surface area contributed by atoms with Crippen LogP contribution in [0.15, 0.2) is 72.8 Å². The number of rotatable bonds is 10. The standard InChI is InChI=1S/C31H31N7O4/c1-4-38-25(15-19(2)36-38)30(41)35-31-34-24-17-23(28(32)39)18-26(42-3)27(24)37(31)14-8-7-13-33-29(40)22-12-11-20-9-5-6-10-21(20)16-22/h5-12,15-18H,4,13-14H2,1-3H3,(H2,32,39)(H,33,40)(H,34,35,41). The number of carbonyl (C=O) groups is 3. The van der Waals surface area contributed by atoms with Gasteiger partial charge in [-0.25, -0.2) is 4.98 Å². The van der Waals surface area contributed by atoms with Crippen molar-refractivity contribution in [2.75, 3.05) is 19.0 Å². The molecule has 0 saturated heterocycles. The Morgan fingerprint density at radius 1 is 0.976 bits per heavy atom. The molecule has 0 atom stereocenters. The first-order chi connectivity index (χ1) is 20.3. The maximum Gasteiger partial charge on any atom is 0.276 e. The molecule has 0 unspecified atom stereocenters. The SMILES string of the molecule is CCn1nc(C)cc1C(=O)Nc1nc2cc(C(N)=O)cc(OC)c2n1CC=CCNC(=O)c1ccc2ccccc2c1.